The van der Waals surface area contributed by atoms with Crippen LogP contribution in [0.15, 0.2) is 6.07 Å². The number of amides is 1. The highest BCUT2D eigenvalue weighted by Crippen LogP contribution is 2.46. The Morgan fingerprint density at radius 2 is 2.24 bits per heavy atom. The number of ether oxygens (including phenoxy) is 1. The van der Waals surface area contributed by atoms with Crippen molar-refractivity contribution in [1.82, 2.24) is 0 Å². The summed E-state index contributed by atoms with van der Waals surface area (Å²) in [5.74, 6) is 0.0369. The van der Waals surface area contributed by atoms with Gasteiger partial charge in [-0.15, -0.1) is 11.3 Å². The first-order valence-corrected chi connectivity index (χ1v) is 6.52. The summed E-state index contributed by atoms with van der Waals surface area (Å²) in [7, 11) is 0. The molecule has 1 aromatic heterocycles. The summed E-state index contributed by atoms with van der Waals surface area (Å²) >= 11 is 1.48. The van der Waals surface area contributed by atoms with Gasteiger partial charge in [0.1, 0.15) is 5.00 Å². The number of rotatable bonds is 4. The molecule has 4 nitrogen and oxygen atoms in total. The number of esters is 1. The largest absolute Gasteiger partial charge is 0.462 e. The van der Waals surface area contributed by atoms with Crippen molar-refractivity contribution in [2.24, 2.45) is 0 Å². The minimum absolute atomic E-state index is 0.167. The van der Waals surface area contributed by atoms with Gasteiger partial charge in [0.15, 0.2) is 0 Å². The number of hydrogen-bond donors (Lipinski definition) is 1. The second kappa shape index (κ2) is 4.87. The fourth-order valence-corrected chi connectivity index (χ4v) is 2.85. The highest BCUT2D eigenvalue weighted by atomic mass is 32.1. The Bertz CT molecular complexity index is 449. The van der Waals surface area contributed by atoms with E-state index in [1.807, 2.05) is 6.07 Å². The van der Waals surface area contributed by atoms with E-state index in [1.165, 1.54) is 31.1 Å². The van der Waals surface area contributed by atoms with Gasteiger partial charge < -0.3 is 10.1 Å². The third-order valence-corrected chi connectivity index (χ3v) is 3.73. The average molecular weight is 253 g/mol. The van der Waals surface area contributed by atoms with Gasteiger partial charge in [0.2, 0.25) is 5.91 Å². The number of nitrogens with one attached hydrogen (secondary N) is 1. The van der Waals surface area contributed by atoms with Crippen LogP contribution < -0.4 is 5.32 Å². The van der Waals surface area contributed by atoms with Crippen molar-refractivity contribution in [3.63, 3.8) is 0 Å². The molecule has 0 saturated heterocycles. The van der Waals surface area contributed by atoms with Crippen molar-refractivity contribution in [3.8, 4) is 0 Å². The zero-order valence-electron chi connectivity index (χ0n) is 9.91. The van der Waals surface area contributed by atoms with Gasteiger partial charge in [0, 0.05) is 11.8 Å². The lowest BCUT2D eigenvalue weighted by Crippen LogP contribution is -2.10. The molecule has 0 spiro atoms. The van der Waals surface area contributed by atoms with Crippen LogP contribution in [0.2, 0.25) is 0 Å². The number of thiophene rings is 1. The first-order valence-electron chi connectivity index (χ1n) is 5.70. The van der Waals surface area contributed by atoms with Crippen LogP contribution in [0.4, 0.5) is 5.00 Å². The molecule has 1 aliphatic rings. The third-order valence-electron chi connectivity index (χ3n) is 2.52. The van der Waals surface area contributed by atoms with Gasteiger partial charge in [0.25, 0.3) is 0 Å². The lowest BCUT2D eigenvalue weighted by atomic mass is 10.2. The predicted molar refractivity (Wildman–Crippen MR) is 66.6 cm³/mol. The summed E-state index contributed by atoms with van der Waals surface area (Å²) in [6.45, 7) is 3.54. The maximum Gasteiger partial charge on any atom is 0.341 e. The van der Waals surface area contributed by atoms with Crippen LogP contribution in [-0.2, 0) is 9.53 Å². The van der Waals surface area contributed by atoms with Gasteiger partial charge in [-0.2, -0.15) is 0 Å². The summed E-state index contributed by atoms with van der Waals surface area (Å²) in [4.78, 5) is 24.0. The molecule has 0 aromatic carbocycles. The first-order chi connectivity index (χ1) is 8.11. The first kappa shape index (κ1) is 12.1. The van der Waals surface area contributed by atoms with Crippen molar-refractivity contribution < 1.29 is 14.3 Å². The van der Waals surface area contributed by atoms with Crippen molar-refractivity contribution >= 4 is 28.2 Å². The number of carbonyl (C=O) groups excluding carboxylic acids is 2. The molecule has 92 valence electrons. The van der Waals surface area contributed by atoms with Crippen LogP contribution in [-0.4, -0.2) is 18.5 Å². The predicted octanol–water partition coefficient (Wildman–Crippen LogP) is 2.76. The van der Waals surface area contributed by atoms with Gasteiger partial charge in [-0.1, -0.05) is 0 Å². The fraction of sp³-hybridized carbons (Fsp3) is 0.500. The summed E-state index contributed by atoms with van der Waals surface area (Å²) in [5, 5.41) is 3.30. The highest BCUT2D eigenvalue weighted by molar-refractivity contribution is 7.16. The van der Waals surface area contributed by atoms with Crippen LogP contribution in [0.25, 0.3) is 0 Å². The minimum Gasteiger partial charge on any atom is -0.462 e. The van der Waals surface area contributed by atoms with Crippen LogP contribution >= 0.6 is 11.3 Å². The SMILES string of the molecule is CCOC(=O)c1cc(C2CC2)sc1NC(C)=O. The summed E-state index contributed by atoms with van der Waals surface area (Å²) in [6.07, 6.45) is 2.34. The molecule has 1 aliphatic carbocycles. The second-order valence-corrected chi connectivity index (χ2v) is 5.15. The third kappa shape index (κ3) is 2.85. The number of carbonyl (C=O) groups is 2. The summed E-state index contributed by atoms with van der Waals surface area (Å²) < 4.78 is 4.98. The standard InChI is InChI=1S/C12H15NO3S/c1-3-16-12(15)9-6-10(8-4-5-8)17-11(9)13-7(2)14/h6,8H,3-5H2,1-2H3,(H,13,14). The average Bonchev–Trinajstić information content (AvgIpc) is 3.01. The molecule has 0 bridgehead atoms. The van der Waals surface area contributed by atoms with E-state index in [1.54, 1.807) is 6.92 Å². The topological polar surface area (TPSA) is 55.4 Å². The summed E-state index contributed by atoms with van der Waals surface area (Å²) in [5.41, 5.74) is 0.481. The monoisotopic (exact) mass is 253 g/mol. The number of anilines is 1. The lowest BCUT2D eigenvalue weighted by molar-refractivity contribution is -0.114. The van der Waals surface area contributed by atoms with E-state index in [-0.39, 0.29) is 11.9 Å². The van der Waals surface area contributed by atoms with E-state index in [0.717, 1.165) is 4.88 Å². The molecule has 1 saturated carbocycles. The van der Waals surface area contributed by atoms with Crippen LogP contribution in [0, 0.1) is 0 Å². The molecule has 1 aromatic rings. The molecular weight excluding hydrogens is 238 g/mol. The van der Waals surface area contributed by atoms with E-state index in [2.05, 4.69) is 5.32 Å². The molecule has 1 amide bonds. The fourth-order valence-electron chi connectivity index (χ4n) is 1.59. The molecule has 17 heavy (non-hydrogen) atoms. The van der Waals surface area contributed by atoms with E-state index >= 15 is 0 Å². The molecule has 1 N–H and O–H groups in total. The molecular formula is C12H15NO3S. The number of hydrogen-bond acceptors (Lipinski definition) is 4. The van der Waals surface area contributed by atoms with Gasteiger partial charge in [-0.05, 0) is 31.7 Å². The molecule has 0 atom stereocenters. The minimum atomic E-state index is -0.362. The highest BCUT2D eigenvalue weighted by Gasteiger charge is 2.28. The smallest absolute Gasteiger partial charge is 0.341 e. The zero-order chi connectivity index (χ0) is 12.4. The zero-order valence-corrected chi connectivity index (χ0v) is 10.7. The van der Waals surface area contributed by atoms with Crippen LogP contribution in [0.5, 0.6) is 0 Å². The van der Waals surface area contributed by atoms with Gasteiger partial charge >= 0.3 is 5.97 Å². The van der Waals surface area contributed by atoms with Crippen LogP contribution in [0.3, 0.4) is 0 Å². The Balaban J connectivity index is 2.26. The Kier molecular flexibility index (Phi) is 3.47. The van der Waals surface area contributed by atoms with E-state index in [4.69, 9.17) is 4.74 Å². The van der Waals surface area contributed by atoms with Crippen molar-refractivity contribution in [2.45, 2.75) is 32.6 Å². The van der Waals surface area contributed by atoms with Crippen LogP contribution in [0.1, 0.15) is 47.8 Å². The lowest BCUT2D eigenvalue weighted by Gasteiger charge is -2.03. The van der Waals surface area contributed by atoms with Gasteiger partial charge in [-0.3, -0.25) is 4.79 Å². The van der Waals surface area contributed by atoms with Crippen molar-refractivity contribution in [1.29, 1.82) is 0 Å². The molecule has 1 fully saturated rings. The van der Waals surface area contributed by atoms with E-state index in [9.17, 15) is 9.59 Å². The molecule has 0 aliphatic heterocycles. The normalized spacial score (nSPS) is 14.5. The maximum absolute atomic E-state index is 11.7. The van der Waals surface area contributed by atoms with E-state index in [0.29, 0.717) is 23.1 Å². The Morgan fingerprint density at radius 1 is 1.53 bits per heavy atom. The Labute approximate surface area is 104 Å². The van der Waals surface area contributed by atoms with Gasteiger partial charge in [0.05, 0.1) is 12.2 Å². The van der Waals surface area contributed by atoms with Crippen molar-refractivity contribution in [3.05, 3.63) is 16.5 Å². The Hall–Kier alpha value is -1.36. The van der Waals surface area contributed by atoms with Crippen molar-refractivity contribution in [2.75, 3.05) is 11.9 Å². The molecule has 0 radical (unpaired) electrons. The maximum atomic E-state index is 11.7. The quantitative estimate of drug-likeness (QED) is 0.839. The Morgan fingerprint density at radius 3 is 2.76 bits per heavy atom. The molecule has 0 unspecified atom stereocenters. The summed E-state index contributed by atoms with van der Waals surface area (Å²) in [6, 6.07) is 1.85. The molecule has 1 heterocycles. The van der Waals surface area contributed by atoms with Gasteiger partial charge in [-0.25, -0.2) is 4.79 Å². The molecule has 2 rings (SSSR count). The second-order valence-electron chi connectivity index (χ2n) is 4.07. The molecule has 5 heteroatoms. The van der Waals surface area contributed by atoms with E-state index < -0.39 is 0 Å².